The third kappa shape index (κ3) is 4.09. The first-order valence-electron chi connectivity index (χ1n) is 7.11. The predicted molar refractivity (Wildman–Crippen MR) is 84.6 cm³/mol. The molecule has 0 aromatic carbocycles. The first kappa shape index (κ1) is 16.5. The van der Waals surface area contributed by atoms with E-state index in [1.807, 2.05) is 6.92 Å². The predicted octanol–water partition coefficient (Wildman–Crippen LogP) is 2.21. The Morgan fingerprint density at radius 3 is 2.74 bits per heavy atom. The summed E-state index contributed by atoms with van der Waals surface area (Å²) in [5, 5.41) is 6.95. The van der Waals surface area contributed by atoms with Crippen LogP contribution < -0.4 is 5.32 Å². The number of hydrogen-bond donors (Lipinski definition) is 1. The second kappa shape index (κ2) is 6.95. The third-order valence-corrected chi connectivity index (χ3v) is 3.35. The number of furan rings is 1. The minimum Gasteiger partial charge on any atom is -0.465 e. The van der Waals surface area contributed by atoms with Gasteiger partial charge in [0, 0.05) is 13.1 Å². The van der Waals surface area contributed by atoms with E-state index in [2.05, 4.69) is 10.4 Å². The van der Waals surface area contributed by atoms with Crippen molar-refractivity contribution in [2.75, 3.05) is 5.32 Å². The van der Waals surface area contributed by atoms with Crippen molar-refractivity contribution in [1.82, 2.24) is 9.78 Å². The van der Waals surface area contributed by atoms with Crippen molar-refractivity contribution in [3.63, 3.8) is 0 Å². The van der Waals surface area contributed by atoms with Gasteiger partial charge in [-0.1, -0.05) is 0 Å². The van der Waals surface area contributed by atoms with Gasteiger partial charge < -0.3 is 14.5 Å². The summed E-state index contributed by atoms with van der Waals surface area (Å²) in [7, 11) is 1.79. The zero-order valence-corrected chi connectivity index (χ0v) is 13.5. The fraction of sp³-hybridized carbons (Fsp3) is 0.312. The van der Waals surface area contributed by atoms with Gasteiger partial charge in [0.25, 0.3) is 5.91 Å². The SMILES string of the molecule is Cc1nn(C)c(C)c1NC(=O)[C@@H](C)OC(=O)/C=C/c1ccco1. The van der Waals surface area contributed by atoms with Crippen LogP contribution in [0.3, 0.4) is 0 Å². The minimum atomic E-state index is -0.928. The van der Waals surface area contributed by atoms with Crippen molar-refractivity contribution < 1.29 is 18.7 Å². The van der Waals surface area contributed by atoms with E-state index >= 15 is 0 Å². The number of nitrogens with one attached hydrogen (secondary N) is 1. The molecule has 7 heteroatoms. The van der Waals surface area contributed by atoms with Crippen LogP contribution in [0.25, 0.3) is 6.08 Å². The van der Waals surface area contributed by atoms with Gasteiger partial charge in [-0.05, 0) is 39.0 Å². The summed E-state index contributed by atoms with van der Waals surface area (Å²) in [6.07, 6.45) is 3.26. The average Bonchev–Trinajstić information content (AvgIpc) is 3.09. The standard InChI is InChI=1S/C16H19N3O4/c1-10-15(11(2)19(4)18-10)17-16(21)12(3)23-14(20)8-7-13-6-5-9-22-13/h5-9,12H,1-4H3,(H,17,21)/b8-7+/t12-/m1/s1. The quantitative estimate of drug-likeness (QED) is 0.675. The molecule has 1 atom stereocenters. The maximum absolute atomic E-state index is 12.1. The first-order chi connectivity index (χ1) is 10.9. The lowest BCUT2D eigenvalue weighted by molar-refractivity contribution is -0.148. The Morgan fingerprint density at radius 1 is 1.43 bits per heavy atom. The van der Waals surface area contributed by atoms with Crippen LogP contribution in [-0.2, 0) is 21.4 Å². The number of aryl methyl sites for hydroxylation is 2. The monoisotopic (exact) mass is 317 g/mol. The molecule has 23 heavy (non-hydrogen) atoms. The van der Waals surface area contributed by atoms with Gasteiger partial charge in [-0.15, -0.1) is 0 Å². The fourth-order valence-corrected chi connectivity index (χ4v) is 1.98. The van der Waals surface area contributed by atoms with Gasteiger partial charge in [-0.25, -0.2) is 4.79 Å². The molecular formula is C16H19N3O4. The Bertz CT molecular complexity index is 729. The van der Waals surface area contributed by atoms with E-state index in [4.69, 9.17) is 9.15 Å². The number of amides is 1. The van der Waals surface area contributed by atoms with Crippen LogP contribution in [-0.4, -0.2) is 27.8 Å². The molecule has 0 saturated carbocycles. The summed E-state index contributed by atoms with van der Waals surface area (Å²) in [4.78, 5) is 23.8. The molecule has 0 aliphatic heterocycles. The number of aromatic nitrogens is 2. The third-order valence-electron chi connectivity index (χ3n) is 3.35. The van der Waals surface area contributed by atoms with E-state index in [-0.39, 0.29) is 0 Å². The van der Waals surface area contributed by atoms with Crippen LogP contribution >= 0.6 is 0 Å². The van der Waals surface area contributed by atoms with E-state index in [9.17, 15) is 9.59 Å². The van der Waals surface area contributed by atoms with Crippen molar-refractivity contribution in [3.8, 4) is 0 Å². The van der Waals surface area contributed by atoms with Crippen LogP contribution in [0.15, 0.2) is 28.9 Å². The Morgan fingerprint density at radius 2 is 2.17 bits per heavy atom. The fourth-order valence-electron chi connectivity index (χ4n) is 1.98. The number of rotatable bonds is 5. The summed E-state index contributed by atoms with van der Waals surface area (Å²) in [5.74, 6) is -0.506. The summed E-state index contributed by atoms with van der Waals surface area (Å²) in [6, 6.07) is 3.41. The van der Waals surface area contributed by atoms with Gasteiger partial charge in [0.15, 0.2) is 6.10 Å². The molecule has 0 unspecified atom stereocenters. The topological polar surface area (TPSA) is 86.4 Å². The summed E-state index contributed by atoms with van der Waals surface area (Å²) >= 11 is 0. The zero-order valence-electron chi connectivity index (χ0n) is 13.5. The van der Waals surface area contributed by atoms with Crippen LogP contribution in [0.4, 0.5) is 5.69 Å². The van der Waals surface area contributed by atoms with Crippen LogP contribution in [0, 0.1) is 13.8 Å². The van der Waals surface area contributed by atoms with E-state index < -0.39 is 18.0 Å². The highest BCUT2D eigenvalue weighted by Gasteiger charge is 2.20. The molecular weight excluding hydrogens is 298 g/mol. The number of nitrogens with zero attached hydrogens (tertiary/aromatic N) is 2. The number of anilines is 1. The molecule has 1 amide bonds. The maximum Gasteiger partial charge on any atom is 0.331 e. The largest absolute Gasteiger partial charge is 0.465 e. The number of hydrogen-bond acceptors (Lipinski definition) is 5. The summed E-state index contributed by atoms with van der Waals surface area (Å²) in [5.41, 5.74) is 2.16. The Kier molecular flexibility index (Phi) is 5.00. The van der Waals surface area contributed by atoms with Gasteiger partial charge in [0.2, 0.25) is 0 Å². The molecule has 2 aromatic heterocycles. The second-order valence-electron chi connectivity index (χ2n) is 5.09. The molecule has 2 heterocycles. The van der Waals surface area contributed by atoms with Crippen molar-refractivity contribution in [1.29, 1.82) is 0 Å². The lowest BCUT2D eigenvalue weighted by atomic mass is 10.3. The van der Waals surface area contributed by atoms with Gasteiger partial charge in [0.05, 0.1) is 23.3 Å². The first-order valence-corrected chi connectivity index (χ1v) is 7.11. The highest BCUT2D eigenvalue weighted by molar-refractivity contribution is 5.97. The highest BCUT2D eigenvalue weighted by Crippen LogP contribution is 2.18. The molecule has 122 valence electrons. The lowest BCUT2D eigenvalue weighted by Crippen LogP contribution is -2.29. The molecule has 2 aromatic rings. The average molecular weight is 317 g/mol. The van der Waals surface area contributed by atoms with Crippen molar-refractivity contribution in [2.45, 2.75) is 26.9 Å². The van der Waals surface area contributed by atoms with E-state index in [1.165, 1.54) is 25.3 Å². The molecule has 2 rings (SSSR count). The van der Waals surface area contributed by atoms with Crippen molar-refractivity contribution >= 4 is 23.6 Å². The van der Waals surface area contributed by atoms with Gasteiger partial charge in [-0.3, -0.25) is 9.48 Å². The summed E-state index contributed by atoms with van der Waals surface area (Å²) in [6.45, 7) is 5.15. The van der Waals surface area contributed by atoms with Gasteiger partial charge in [0.1, 0.15) is 5.76 Å². The zero-order chi connectivity index (χ0) is 17.0. The molecule has 7 nitrogen and oxygen atoms in total. The highest BCUT2D eigenvalue weighted by atomic mass is 16.5. The molecule has 0 radical (unpaired) electrons. The molecule has 0 aliphatic rings. The number of carbonyl (C=O) groups is 2. The molecule has 0 fully saturated rings. The van der Waals surface area contributed by atoms with Crippen molar-refractivity contribution in [2.24, 2.45) is 7.05 Å². The Labute approximate surface area is 133 Å². The second-order valence-corrected chi connectivity index (χ2v) is 5.09. The minimum absolute atomic E-state index is 0.413. The van der Waals surface area contributed by atoms with Gasteiger partial charge in [-0.2, -0.15) is 5.10 Å². The molecule has 0 saturated heterocycles. The molecule has 1 N–H and O–H groups in total. The van der Waals surface area contributed by atoms with E-state index in [1.54, 1.807) is 30.8 Å². The smallest absolute Gasteiger partial charge is 0.331 e. The van der Waals surface area contributed by atoms with E-state index in [0.29, 0.717) is 17.1 Å². The molecule has 0 aliphatic carbocycles. The number of esters is 1. The number of ether oxygens (including phenoxy) is 1. The number of carbonyl (C=O) groups excluding carboxylic acids is 2. The van der Waals surface area contributed by atoms with Crippen LogP contribution in [0.2, 0.25) is 0 Å². The van der Waals surface area contributed by atoms with Crippen LogP contribution in [0.5, 0.6) is 0 Å². The van der Waals surface area contributed by atoms with Gasteiger partial charge >= 0.3 is 5.97 Å². The summed E-state index contributed by atoms with van der Waals surface area (Å²) < 4.78 is 11.8. The normalized spacial score (nSPS) is 12.3. The molecule has 0 bridgehead atoms. The lowest BCUT2D eigenvalue weighted by Gasteiger charge is -2.12. The Hall–Kier alpha value is -2.83. The van der Waals surface area contributed by atoms with Crippen molar-refractivity contribution in [3.05, 3.63) is 41.6 Å². The van der Waals surface area contributed by atoms with Crippen LogP contribution in [0.1, 0.15) is 24.1 Å². The maximum atomic E-state index is 12.1. The Balaban J connectivity index is 1.93. The molecule has 0 spiro atoms. The van der Waals surface area contributed by atoms with E-state index in [0.717, 1.165) is 5.69 Å².